The monoisotopic (exact) mass is 462 g/mol. The standard InChI is InChI=1S/C23H18N4O3S2/c28-22(26-23-25-20(15-31-23)16-8-11-24-12-9-16)18-5-3-6-19(14-18)32(29,30)27-13-10-17-4-1-2-7-21(17)27/h1-9,11-12,14-15H,10,13H2,(H,25,26,28). The number of nitrogens with zero attached hydrogens (tertiary/aromatic N) is 3. The summed E-state index contributed by atoms with van der Waals surface area (Å²) in [4.78, 5) is 21.3. The fourth-order valence-corrected chi connectivity index (χ4v) is 5.90. The molecule has 4 aromatic rings. The Kier molecular flexibility index (Phi) is 5.20. The maximum absolute atomic E-state index is 13.3. The fraction of sp³-hybridized carbons (Fsp3) is 0.0870. The average molecular weight is 463 g/mol. The van der Waals surface area contributed by atoms with Crippen molar-refractivity contribution >= 4 is 38.1 Å². The first-order valence-electron chi connectivity index (χ1n) is 9.90. The minimum absolute atomic E-state index is 0.0819. The molecule has 0 saturated heterocycles. The maximum atomic E-state index is 13.3. The highest BCUT2D eigenvalue weighted by molar-refractivity contribution is 7.92. The Hall–Kier alpha value is -3.56. The van der Waals surface area contributed by atoms with Crippen molar-refractivity contribution in [2.75, 3.05) is 16.2 Å². The first-order chi connectivity index (χ1) is 15.5. The van der Waals surface area contributed by atoms with Gasteiger partial charge in [0.15, 0.2) is 5.13 Å². The number of amides is 1. The summed E-state index contributed by atoms with van der Waals surface area (Å²) in [7, 11) is -3.78. The van der Waals surface area contributed by atoms with Crippen molar-refractivity contribution in [1.29, 1.82) is 0 Å². The Balaban J connectivity index is 1.37. The quantitative estimate of drug-likeness (QED) is 0.480. The van der Waals surface area contributed by atoms with Gasteiger partial charge in [-0.25, -0.2) is 13.4 Å². The molecule has 0 atom stereocenters. The van der Waals surface area contributed by atoms with E-state index in [1.165, 1.54) is 27.8 Å². The molecule has 1 N–H and O–H groups in total. The molecule has 1 aliphatic rings. The van der Waals surface area contributed by atoms with Crippen molar-refractivity contribution in [2.24, 2.45) is 0 Å². The van der Waals surface area contributed by atoms with E-state index in [0.717, 1.165) is 16.8 Å². The molecule has 0 aliphatic carbocycles. The van der Waals surface area contributed by atoms with E-state index in [0.29, 0.717) is 23.8 Å². The van der Waals surface area contributed by atoms with E-state index >= 15 is 0 Å². The molecule has 0 fully saturated rings. The van der Waals surface area contributed by atoms with E-state index in [9.17, 15) is 13.2 Å². The molecule has 9 heteroatoms. The van der Waals surface area contributed by atoms with Crippen LogP contribution in [-0.4, -0.2) is 30.8 Å². The van der Waals surface area contributed by atoms with Crippen LogP contribution >= 0.6 is 11.3 Å². The number of nitrogens with one attached hydrogen (secondary N) is 1. The summed E-state index contributed by atoms with van der Waals surface area (Å²) in [6.07, 6.45) is 4.02. The van der Waals surface area contributed by atoms with Crippen LogP contribution in [0.15, 0.2) is 83.3 Å². The second kappa shape index (κ2) is 8.18. The van der Waals surface area contributed by atoms with Crippen LogP contribution in [0.4, 0.5) is 10.8 Å². The Bertz CT molecular complexity index is 1400. The van der Waals surface area contributed by atoms with Crippen molar-refractivity contribution < 1.29 is 13.2 Å². The number of benzene rings is 2. The first-order valence-corrected chi connectivity index (χ1v) is 12.2. The summed E-state index contributed by atoms with van der Waals surface area (Å²) < 4.78 is 27.9. The number of hydrogen-bond acceptors (Lipinski definition) is 6. The van der Waals surface area contributed by atoms with Gasteiger partial charge >= 0.3 is 0 Å². The molecule has 0 unspecified atom stereocenters. The molecule has 160 valence electrons. The molecular weight excluding hydrogens is 444 g/mol. The molecule has 32 heavy (non-hydrogen) atoms. The summed E-state index contributed by atoms with van der Waals surface area (Å²) >= 11 is 1.30. The molecule has 3 heterocycles. The molecular formula is C23H18N4O3S2. The van der Waals surface area contributed by atoms with Crippen molar-refractivity contribution in [3.8, 4) is 11.3 Å². The minimum atomic E-state index is -3.78. The molecule has 0 bridgehead atoms. The summed E-state index contributed by atoms with van der Waals surface area (Å²) in [5, 5.41) is 5.03. The predicted molar refractivity (Wildman–Crippen MR) is 124 cm³/mol. The highest BCUT2D eigenvalue weighted by Gasteiger charge is 2.31. The molecule has 7 nitrogen and oxygen atoms in total. The van der Waals surface area contributed by atoms with Gasteiger partial charge in [-0.3, -0.25) is 19.4 Å². The topological polar surface area (TPSA) is 92.3 Å². The Labute approximate surface area is 189 Å². The number of anilines is 2. The number of sulfonamides is 1. The van der Waals surface area contributed by atoms with E-state index in [1.54, 1.807) is 30.6 Å². The molecule has 0 spiro atoms. The van der Waals surface area contributed by atoms with Crippen LogP contribution in [0, 0.1) is 0 Å². The van der Waals surface area contributed by atoms with E-state index < -0.39 is 15.9 Å². The van der Waals surface area contributed by atoms with Gasteiger partial charge in [-0.2, -0.15) is 0 Å². The number of hydrogen-bond donors (Lipinski definition) is 1. The second-order valence-corrected chi connectivity index (χ2v) is 9.93. The number of aromatic nitrogens is 2. The first kappa shape index (κ1) is 20.3. The molecule has 1 aliphatic heterocycles. The molecule has 5 rings (SSSR count). The van der Waals surface area contributed by atoms with Crippen molar-refractivity contribution in [1.82, 2.24) is 9.97 Å². The van der Waals surface area contributed by atoms with Gasteiger partial charge in [0, 0.05) is 35.4 Å². The summed E-state index contributed by atoms with van der Waals surface area (Å²) in [6.45, 7) is 0.384. The third kappa shape index (κ3) is 3.76. The number of para-hydroxylation sites is 1. The van der Waals surface area contributed by atoms with Gasteiger partial charge in [0.25, 0.3) is 15.9 Å². The van der Waals surface area contributed by atoms with Gasteiger partial charge in [-0.1, -0.05) is 24.3 Å². The van der Waals surface area contributed by atoms with Crippen LogP contribution in [0.3, 0.4) is 0 Å². The lowest BCUT2D eigenvalue weighted by Crippen LogP contribution is -2.29. The molecule has 0 saturated carbocycles. The van der Waals surface area contributed by atoms with E-state index in [1.807, 2.05) is 35.7 Å². The van der Waals surface area contributed by atoms with Crippen LogP contribution < -0.4 is 9.62 Å². The lowest BCUT2D eigenvalue weighted by atomic mass is 10.2. The van der Waals surface area contributed by atoms with E-state index in [-0.39, 0.29) is 10.5 Å². The van der Waals surface area contributed by atoms with Crippen molar-refractivity contribution in [3.05, 3.63) is 89.6 Å². The minimum Gasteiger partial charge on any atom is -0.298 e. The van der Waals surface area contributed by atoms with Gasteiger partial charge < -0.3 is 0 Å². The lowest BCUT2D eigenvalue weighted by Gasteiger charge is -2.19. The largest absolute Gasteiger partial charge is 0.298 e. The predicted octanol–water partition coefficient (Wildman–Crippen LogP) is 4.21. The number of pyridine rings is 1. The van der Waals surface area contributed by atoms with E-state index in [2.05, 4.69) is 15.3 Å². The van der Waals surface area contributed by atoms with Crippen LogP contribution in [0.2, 0.25) is 0 Å². The summed E-state index contributed by atoms with van der Waals surface area (Å²) in [5.74, 6) is -0.417. The van der Waals surface area contributed by atoms with Gasteiger partial charge in [-0.15, -0.1) is 11.3 Å². The van der Waals surface area contributed by atoms with Gasteiger partial charge in [0.05, 0.1) is 16.3 Å². The zero-order chi connectivity index (χ0) is 22.1. The third-order valence-electron chi connectivity index (χ3n) is 5.23. The highest BCUT2D eigenvalue weighted by atomic mass is 32.2. The number of rotatable bonds is 5. The lowest BCUT2D eigenvalue weighted by molar-refractivity contribution is 0.102. The number of carbonyl (C=O) groups excluding carboxylic acids is 1. The SMILES string of the molecule is O=C(Nc1nc(-c2ccncc2)cs1)c1cccc(S(=O)(=O)N2CCc3ccccc32)c1. The average Bonchev–Trinajstić information content (AvgIpc) is 3.47. The summed E-state index contributed by atoms with van der Waals surface area (Å²) in [6, 6.07) is 17.2. The maximum Gasteiger partial charge on any atom is 0.264 e. The Morgan fingerprint density at radius 1 is 1.03 bits per heavy atom. The van der Waals surface area contributed by atoms with Gasteiger partial charge in [-0.05, 0) is 48.4 Å². The number of thiazole rings is 1. The van der Waals surface area contributed by atoms with Crippen molar-refractivity contribution in [2.45, 2.75) is 11.3 Å². The fourth-order valence-electron chi connectivity index (χ4n) is 3.64. The number of fused-ring (bicyclic) bond motifs is 1. The van der Waals surface area contributed by atoms with E-state index in [4.69, 9.17) is 0 Å². The normalized spacial score (nSPS) is 13.1. The number of carbonyl (C=O) groups is 1. The Morgan fingerprint density at radius 3 is 2.69 bits per heavy atom. The zero-order valence-electron chi connectivity index (χ0n) is 16.8. The zero-order valence-corrected chi connectivity index (χ0v) is 18.4. The molecule has 2 aromatic heterocycles. The highest BCUT2D eigenvalue weighted by Crippen LogP contribution is 2.33. The van der Waals surface area contributed by atoms with Crippen LogP contribution in [-0.2, 0) is 16.4 Å². The third-order valence-corrected chi connectivity index (χ3v) is 7.80. The smallest absolute Gasteiger partial charge is 0.264 e. The van der Waals surface area contributed by atoms with Crippen molar-refractivity contribution in [3.63, 3.8) is 0 Å². The Morgan fingerprint density at radius 2 is 1.84 bits per heavy atom. The molecule has 0 radical (unpaired) electrons. The van der Waals surface area contributed by atoms with Gasteiger partial charge in [0.1, 0.15) is 0 Å². The van der Waals surface area contributed by atoms with Crippen LogP contribution in [0.1, 0.15) is 15.9 Å². The van der Waals surface area contributed by atoms with Crippen LogP contribution in [0.5, 0.6) is 0 Å². The van der Waals surface area contributed by atoms with Gasteiger partial charge in [0.2, 0.25) is 0 Å². The second-order valence-electron chi connectivity index (χ2n) is 7.21. The molecule has 1 amide bonds. The molecule has 2 aromatic carbocycles. The van der Waals surface area contributed by atoms with Crippen LogP contribution in [0.25, 0.3) is 11.3 Å². The summed E-state index contributed by atoms with van der Waals surface area (Å²) in [5.41, 5.74) is 3.57.